The highest BCUT2D eigenvalue weighted by molar-refractivity contribution is 5.35. The van der Waals surface area contributed by atoms with Crippen LogP contribution in [0, 0.1) is 0 Å². The number of nitrogens with one attached hydrogen (secondary N) is 1. The van der Waals surface area contributed by atoms with Crippen LogP contribution in [0.1, 0.15) is 49.8 Å². The standard InChI is InChI=1S/C16H21N3O2/c1-10(2)12-6-4-5-7-14(12)21-9-15-18-13(11(3)17)8-16(20)19-15/h4-8,10-11H,9,17H2,1-3H3,(H,18,19,20). The minimum atomic E-state index is -0.283. The Kier molecular flexibility index (Phi) is 4.75. The molecule has 0 bridgehead atoms. The van der Waals surface area contributed by atoms with Crippen molar-refractivity contribution in [3.05, 3.63) is 57.8 Å². The third-order valence-corrected chi connectivity index (χ3v) is 3.18. The molecule has 1 heterocycles. The lowest BCUT2D eigenvalue weighted by Gasteiger charge is -2.14. The summed E-state index contributed by atoms with van der Waals surface area (Å²) in [7, 11) is 0. The van der Waals surface area contributed by atoms with E-state index in [0.29, 0.717) is 17.4 Å². The maximum absolute atomic E-state index is 11.6. The van der Waals surface area contributed by atoms with Gasteiger partial charge in [-0.1, -0.05) is 32.0 Å². The normalized spacial score (nSPS) is 12.4. The predicted molar refractivity (Wildman–Crippen MR) is 82.3 cm³/mol. The van der Waals surface area contributed by atoms with Gasteiger partial charge in [0.15, 0.2) is 0 Å². The van der Waals surface area contributed by atoms with E-state index in [1.165, 1.54) is 6.07 Å². The number of nitrogens with two attached hydrogens (primary N) is 1. The molecule has 0 aliphatic rings. The Morgan fingerprint density at radius 3 is 2.67 bits per heavy atom. The first-order valence-electron chi connectivity index (χ1n) is 7.05. The second kappa shape index (κ2) is 6.54. The molecule has 0 aliphatic heterocycles. The molecule has 1 aromatic carbocycles. The van der Waals surface area contributed by atoms with E-state index in [0.717, 1.165) is 11.3 Å². The van der Waals surface area contributed by atoms with Gasteiger partial charge in [0.05, 0.1) is 5.69 Å². The molecule has 3 N–H and O–H groups in total. The zero-order chi connectivity index (χ0) is 15.4. The van der Waals surface area contributed by atoms with Crippen LogP contribution in [0.3, 0.4) is 0 Å². The largest absolute Gasteiger partial charge is 0.485 e. The fraction of sp³-hybridized carbons (Fsp3) is 0.375. The van der Waals surface area contributed by atoms with Gasteiger partial charge in [-0.15, -0.1) is 0 Å². The molecule has 5 heteroatoms. The number of benzene rings is 1. The fourth-order valence-corrected chi connectivity index (χ4v) is 2.07. The first-order chi connectivity index (χ1) is 9.97. The van der Waals surface area contributed by atoms with Gasteiger partial charge in [-0.3, -0.25) is 4.79 Å². The van der Waals surface area contributed by atoms with E-state index in [9.17, 15) is 4.79 Å². The summed E-state index contributed by atoms with van der Waals surface area (Å²) in [5, 5.41) is 0. The summed E-state index contributed by atoms with van der Waals surface area (Å²) >= 11 is 0. The van der Waals surface area contributed by atoms with Crippen molar-refractivity contribution in [3.8, 4) is 5.75 Å². The molecule has 0 fully saturated rings. The average Bonchev–Trinajstić information content (AvgIpc) is 2.44. The van der Waals surface area contributed by atoms with E-state index in [1.807, 2.05) is 24.3 Å². The van der Waals surface area contributed by atoms with Crippen molar-refractivity contribution >= 4 is 0 Å². The van der Waals surface area contributed by atoms with Crippen LogP contribution in [-0.2, 0) is 6.61 Å². The van der Waals surface area contributed by atoms with Gasteiger partial charge in [0.1, 0.15) is 18.2 Å². The van der Waals surface area contributed by atoms with E-state index in [2.05, 4.69) is 23.8 Å². The van der Waals surface area contributed by atoms with Crippen molar-refractivity contribution in [1.82, 2.24) is 9.97 Å². The first kappa shape index (κ1) is 15.3. The second-order valence-electron chi connectivity index (χ2n) is 5.39. The first-order valence-corrected chi connectivity index (χ1v) is 7.05. The lowest BCUT2D eigenvalue weighted by molar-refractivity contribution is 0.290. The minimum absolute atomic E-state index is 0.208. The van der Waals surface area contributed by atoms with Gasteiger partial charge in [0.2, 0.25) is 0 Å². The number of nitrogens with zero attached hydrogens (tertiary/aromatic N) is 1. The second-order valence-corrected chi connectivity index (χ2v) is 5.39. The monoisotopic (exact) mass is 287 g/mol. The molecular formula is C16H21N3O2. The summed E-state index contributed by atoms with van der Waals surface area (Å²) in [6.07, 6.45) is 0. The van der Waals surface area contributed by atoms with Crippen LogP contribution in [0.25, 0.3) is 0 Å². The molecule has 0 amide bonds. The van der Waals surface area contributed by atoms with Crippen molar-refractivity contribution in [2.75, 3.05) is 0 Å². The van der Waals surface area contributed by atoms with Gasteiger partial charge in [-0.25, -0.2) is 4.98 Å². The van der Waals surface area contributed by atoms with Crippen molar-refractivity contribution in [2.24, 2.45) is 5.73 Å². The van der Waals surface area contributed by atoms with Crippen molar-refractivity contribution < 1.29 is 4.74 Å². The van der Waals surface area contributed by atoms with Gasteiger partial charge in [0.25, 0.3) is 5.56 Å². The zero-order valence-electron chi connectivity index (χ0n) is 12.6. The van der Waals surface area contributed by atoms with Crippen LogP contribution in [-0.4, -0.2) is 9.97 Å². The lowest BCUT2D eigenvalue weighted by Crippen LogP contribution is -2.18. The molecule has 0 aliphatic carbocycles. The number of para-hydroxylation sites is 1. The minimum Gasteiger partial charge on any atom is -0.485 e. The van der Waals surface area contributed by atoms with Gasteiger partial charge in [-0.05, 0) is 24.5 Å². The number of aromatic nitrogens is 2. The lowest BCUT2D eigenvalue weighted by atomic mass is 10.0. The Hall–Kier alpha value is -2.14. The molecule has 0 radical (unpaired) electrons. The van der Waals surface area contributed by atoms with Crippen LogP contribution in [0.5, 0.6) is 5.75 Å². The van der Waals surface area contributed by atoms with E-state index >= 15 is 0 Å². The number of ether oxygens (including phenoxy) is 1. The van der Waals surface area contributed by atoms with Gasteiger partial charge in [-0.2, -0.15) is 0 Å². The topological polar surface area (TPSA) is 81.0 Å². The summed E-state index contributed by atoms with van der Waals surface area (Å²) in [5.74, 6) is 1.65. The van der Waals surface area contributed by atoms with Crippen molar-refractivity contribution in [3.63, 3.8) is 0 Å². The van der Waals surface area contributed by atoms with Crippen molar-refractivity contribution in [2.45, 2.75) is 39.3 Å². The van der Waals surface area contributed by atoms with Crippen LogP contribution in [0.15, 0.2) is 35.1 Å². The highest BCUT2D eigenvalue weighted by atomic mass is 16.5. The van der Waals surface area contributed by atoms with E-state index in [1.54, 1.807) is 6.92 Å². The number of aromatic amines is 1. The average molecular weight is 287 g/mol. The van der Waals surface area contributed by atoms with Crippen LogP contribution in [0.2, 0.25) is 0 Å². The molecule has 0 saturated heterocycles. The summed E-state index contributed by atoms with van der Waals surface area (Å²) in [4.78, 5) is 18.6. The summed E-state index contributed by atoms with van der Waals surface area (Å²) < 4.78 is 5.80. The third kappa shape index (κ3) is 3.92. The highest BCUT2D eigenvalue weighted by Gasteiger charge is 2.09. The van der Waals surface area contributed by atoms with E-state index in [4.69, 9.17) is 10.5 Å². The Morgan fingerprint density at radius 1 is 1.29 bits per heavy atom. The molecule has 112 valence electrons. The quantitative estimate of drug-likeness (QED) is 0.885. The zero-order valence-corrected chi connectivity index (χ0v) is 12.6. The van der Waals surface area contributed by atoms with Gasteiger partial charge >= 0.3 is 0 Å². The molecular weight excluding hydrogens is 266 g/mol. The molecule has 0 saturated carbocycles. The summed E-state index contributed by atoms with van der Waals surface area (Å²) in [6.45, 7) is 6.22. The SMILES string of the molecule is CC(C)c1ccccc1OCc1nc(C(C)N)cc(=O)[nH]1. The maximum Gasteiger partial charge on any atom is 0.251 e. The number of rotatable bonds is 5. The van der Waals surface area contributed by atoms with Crippen LogP contribution < -0.4 is 16.0 Å². The molecule has 1 atom stereocenters. The van der Waals surface area contributed by atoms with E-state index < -0.39 is 0 Å². The van der Waals surface area contributed by atoms with Gasteiger partial charge in [0, 0.05) is 12.1 Å². The molecule has 1 aromatic heterocycles. The summed E-state index contributed by atoms with van der Waals surface area (Å²) in [6, 6.07) is 9.00. The fourth-order valence-electron chi connectivity index (χ4n) is 2.07. The molecule has 5 nitrogen and oxygen atoms in total. The molecule has 21 heavy (non-hydrogen) atoms. The Bertz CT molecular complexity index is 663. The van der Waals surface area contributed by atoms with Gasteiger partial charge < -0.3 is 15.5 Å². The van der Waals surface area contributed by atoms with Crippen LogP contribution >= 0.6 is 0 Å². The maximum atomic E-state index is 11.6. The smallest absolute Gasteiger partial charge is 0.251 e. The Balaban J connectivity index is 2.19. The Morgan fingerprint density at radius 2 is 2.00 bits per heavy atom. The molecule has 2 rings (SSSR count). The molecule has 0 spiro atoms. The third-order valence-electron chi connectivity index (χ3n) is 3.18. The van der Waals surface area contributed by atoms with E-state index in [-0.39, 0.29) is 18.2 Å². The molecule has 1 unspecified atom stereocenters. The number of hydrogen-bond acceptors (Lipinski definition) is 4. The predicted octanol–water partition coefficient (Wildman–Crippen LogP) is 2.49. The van der Waals surface area contributed by atoms with Crippen LogP contribution in [0.4, 0.5) is 0 Å². The molecule has 2 aromatic rings. The van der Waals surface area contributed by atoms with Crippen molar-refractivity contribution in [1.29, 1.82) is 0 Å². The Labute approximate surface area is 124 Å². The number of H-pyrrole nitrogens is 1. The summed E-state index contributed by atoms with van der Waals surface area (Å²) in [5.41, 5.74) is 7.24. The highest BCUT2D eigenvalue weighted by Crippen LogP contribution is 2.26. The number of hydrogen-bond donors (Lipinski definition) is 2.